The predicted octanol–water partition coefficient (Wildman–Crippen LogP) is 3.16. The van der Waals surface area contributed by atoms with Gasteiger partial charge in [-0.2, -0.15) is 0 Å². The molecular weight excluding hydrogens is 284 g/mol. The third-order valence-electron chi connectivity index (χ3n) is 4.40. The highest BCUT2D eigenvalue weighted by atomic mass is 35.5. The quantitative estimate of drug-likeness (QED) is 0.928. The smallest absolute Gasteiger partial charge is 0.122 e. The molecule has 120 valence electrons. The molecule has 0 saturated carbocycles. The summed E-state index contributed by atoms with van der Waals surface area (Å²) in [7, 11) is 0. The second-order valence-electron chi connectivity index (χ2n) is 6.78. The minimum Gasteiger partial charge on any atom is -0.492 e. The number of hydrogen-bond acceptors (Lipinski definition) is 3. The molecule has 0 spiro atoms. The second kappa shape index (κ2) is 7.48. The SMILES string of the molecule is Cc1ccc(C)c(OCCN2CCC(N)C(C)(C)C2)c1.Cl. The largest absolute Gasteiger partial charge is 0.492 e. The predicted molar refractivity (Wildman–Crippen MR) is 91.5 cm³/mol. The van der Waals surface area contributed by atoms with Crippen LogP contribution in [0, 0.1) is 19.3 Å². The van der Waals surface area contributed by atoms with Crippen LogP contribution in [0.5, 0.6) is 5.75 Å². The molecule has 1 saturated heterocycles. The Kier molecular flexibility index (Phi) is 6.51. The zero-order chi connectivity index (χ0) is 14.8. The molecule has 1 fully saturated rings. The van der Waals surface area contributed by atoms with Crippen LogP contribution in [0.1, 0.15) is 31.4 Å². The maximum atomic E-state index is 6.17. The fourth-order valence-electron chi connectivity index (χ4n) is 2.82. The van der Waals surface area contributed by atoms with Crippen LogP contribution in [-0.2, 0) is 0 Å². The lowest BCUT2D eigenvalue weighted by Crippen LogP contribution is -2.53. The van der Waals surface area contributed by atoms with E-state index < -0.39 is 0 Å². The summed E-state index contributed by atoms with van der Waals surface area (Å²) in [5.74, 6) is 1.01. The van der Waals surface area contributed by atoms with Gasteiger partial charge in [0.2, 0.25) is 0 Å². The van der Waals surface area contributed by atoms with E-state index in [0.717, 1.165) is 38.4 Å². The molecule has 0 aliphatic carbocycles. The Bertz CT molecular complexity index is 462. The Hall–Kier alpha value is -0.770. The highest BCUT2D eigenvalue weighted by molar-refractivity contribution is 5.85. The molecule has 1 atom stereocenters. The average Bonchev–Trinajstić information content (AvgIpc) is 2.37. The first-order chi connectivity index (χ1) is 9.38. The van der Waals surface area contributed by atoms with Crippen molar-refractivity contribution in [3.8, 4) is 5.75 Å². The third-order valence-corrected chi connectivity index (χ3v) is 4.40. The van der Waals surface area contributed by atoms with Gasteiger partial charge in [0.1, 0.15) is 12.4 Å². The van der Waals surface area contributed by atoms with Crippen molar-refractivity contribution in [3.63, 3.8) is 0 Å². The highest BCUT2D eigenvalue weighted by Crippen LogP contribution is 2.27. The number of rotatable bonds is 4. The summed E-state index contributed by atoms with van der Waals surface area (Å²) in [6.07, 6.45) is 1.08. The Morgan fingerprint density at radius 1 is 1.33 bits per heavy atom. The van der Waals surface area contributed by atoms with Crippen LogP contribution < -0.4 is 10.5 Å². The lowest BCUT2D eigenvalue weighted by atomic mass is 9.80. The molecule has 0 amide bonds. The highest BCUT2D eigenvalue weighted by Gasteiger charge is 2.33. The molecular formula is C17H29ClN2O. The van der Waals surface area contributed by atoms with Gasteiger partial charge < -0.3 is 10.5 Å². The van der Waals surface area contributed by atoms with Gasteiger partial charge in [-0.1, -0.05) is 26.0 Å². The van der Waals surface area contributed by atoms with Crippen molar-refractivity contribution in [2.24, 2.45) is 11.1 Å². The number of likely N-dealkylation sites (tertiary alicyclic amines) is 1. The van der Waals surface area contributed by atoms with E-state index in [1.807, 2.05) is 0 Å². The standard InChI is InChI=1S/C17H28N2O.ClH/c1-13-5-6-14(2)15(11-13)20-10-9-19-8-7-16(18)17(3,4)12-19;/h5-6,11,16H,7-10,12,18H2,1-4H3;1H. The number of ether oxygens (including phenoxy) is 1. The van der Waals surface area contributed by atoms with Gasteiger partial charge in [0.15, 0.2) is 0 Å². The number of piperidine rings is 1. The molecule has 1 aliphatic heterocycles. The summed E-state index contributed by atoms with van der Waals surface area (Å²) in [5, 5.41) is 0. The molecule has 3 nitrogen and oxygen atoms in total. The van der Waals surface area contributed by atoms with Gasteiger partial charge in [0, 0.05) is 19.1 Å². The first kappa shape index (κ1) is 18.3. The number of benzene rings is 1. The van der Waals surface area contributed by atoms with E-state index in [4.69, 9.17) is 10.5 Å². The van der Waals surface area contributed by atoms with E-state index in [1.54, 1.807) is 0 Å². The molecule has 1 aromatic rings. The van der Waals surface area contributed by atoms with Gasteiger partial charge in [0.25, 0.3) is 0 Å². The van der Waals surface area contributed by atoms with Gasteiger partial charge in [0.05, 0.1) is 0 Å². The van der Waals surface area contributed by atoms with Crippen molar-refractivity contribution in [3.05, 3.63) is 29.3 Å². The van der Waals surface area contributed by atoms with Crippen molar-refractivity contribution in [1.82, 2.24) is 4.90 Å². The average molecular weight is 313 g/mol. The Morgan fingerprint density at radius 2 is 2.05 bits per heavy atom. The second-order valence-corrected chi connectivity index (χ2v) is 6.78. The van der Waals surface area contributed by atoms with Crippen LogP contribution in [0.4, 0.5) is 0 Å². The van der Waals surface area contributed by atoms with Crippen LogP contribution in [0.25, 0.3) is 0 Å². The van der Waals surface area contributed by atoms with Gasteiger partial charge in [-0.3, -0.25) is 4.90 Å². The number of aryl methyl sites for hydroxylation is 2. The van der Waals surface area contributed by atoms with Crippen molar-refractivity contribution in [1.29, 1.82) is 0 Å². The van der Waals surface area contributed by atoms with Crippen LogP contribution >= 0.6 is 12.4 Å². The molecule has 1 aliphatic rings. The van der Waals surface area contributed by atoms with Gasteiger partial charge in [-0.05, 0) is 49.4 Å². The fraction of sp³-hybridized carbons (Fsp3) is 0.647. The molecule has 4 heteroatoms. The molecule has 1 aromatic carbocycles. The molecule has 2 rings (SSSR count). The fourth-order valence-corrected chi connectivity index (χ4v) is 2.82. The Labute approximate surface area is 135 Å². The van der Waals surface area contributed by atoms with Crippen LogP contribution in [0.2, 0.25) is 0 Å². The maximum absolute atomic E-state index is 6.17. The summed E-state index contributed by atoms with van der Waals surface area (Å²) in [6.45, 7) is 12.6. The summed E-state index contributed by atoms with van der Waals surface area (Å²) in [4.78, 5) is 2.47. The summed E-state index contributed by atoms with van der Waals surface area (Å²) in [5.41, 5.74) is 8.83. The lowest BCUT2D eigenvalue weighted by molar-refractivity contribution is 0.0830. The molecule has 0 radical (unpaired) electrons. The van der Waals surface area contributed by atoms with E-state index in [0.29, 0.717) is 6.04 Å². The molecule has 1 unspecified atom stereocenters. The first-order valence-electron chi connectivity index (χ1n) is 7.56. The van der Waals surface area contributed by atoms with Crippen molar-refractivity contribution in [2.45, 2.75) is 40.2 Å². The van der Waals surface area contributed by atoms with Crippen molar-refractivity contribution >= 4 is 12.4 Å². The molecule has 0 bridgehead atoms. The minimum absolute atomic E-state index is 0. The molecule has 1 heterocycles. The van der Waals surface area contributed by atoms with E-state index in [9.17, 15) is 0 Å². The molecule has 21 heavy (non-hydrogen) atoms. The first-order valence-corrected chi connectivity index (χ1v) is 7.56. The Balaban J connectivity index is 0.00000220. The normalized spacial score (nSPS) is 21.7. The third kappa shape index (κ3) is 4.87. The maximum Gasteiger partial charge on any atom is 0.122 e. The number of nitrogens with two attached hydrogens (primary N) is 1. The summed E-state index contributed by atoms with van der Waals surface area (Å²) in [6, 6.07) is 6.68. The van der Waals surface area contributed by atoms with Gasteiger partial charge >= 0.3 is 0 Å². The lowest BCUT2D eigenvalue weighted by Gasteiger charge is -2.42. The number of hydrogen-bond donors (Lipinski definition) is 1. The van der Waals surface area contributed by atoms with Gasteiger partial charge in [-0.25, -0.2) is 0 Å². The van der Waals surface area contributed by atoms with Gasteiger partial charge in [-0.15, -0.1) is 12.4 Å². The van der Waals surface area contributed by atoms with Crippen LogP contribution in [0.3, 0.4) is 0 Å². The number of nitrogens with zero attached hydrogens (tertiary/aromatic N) is 1. The molecule has 0 aromatic heterocycles. The summed E-state index contributed by atoms with van der Waals surface area (Å²) >= 11 is 0. The van der Waals surface area contributed by atoms with Crippen LogP contribution in [-0.4, -0.2) is 37.2 Å². The summed E-state index contributed by atoms with van der Waals surface area (Å²) < 4.78 is 5.94. The zero-order valence-electron chi connectivity index (χ0n) is 13.7. The van der Waals surface area contributed by atoms with Crippen molar-refractivity contribution in [2.75, 3.05) is 26.2 Å². The van der Waals surface area contributed by atoms with Crippen molar-refractivity contribution < 1.29 is 4.74 Å². The number of halogens is 1. The zero-order valence-corrected chi connectivity index (χ0v) is 14.5. The van der Waals surface area contributed by atoms with E-state index in [1.165, 1.54) is 11.1 Å². The van der Waals surface area contributed by atoms with E-state index in [-0.39, 0.29) is 17.8 Å². The Morgan fingerprint density at radius 3 is 2.71 bits per heavy atom. The minimum atomic E-state index is 0. The molecule has 2 N–H and O–H groups in total. The van der Waals surface area contributed by atoms with Crippen LogP contribution in [0.15, 0.2) is 18.2 Å². The van der Waals surface area contributed by atoms with E-state index in [2.05, 4.69) is 50.8 Å². The monoisotopic (exact) mass is 312 g/mol. The van der Waals surface area contributed by atoms with E-state index >= 15 is 0 Å². The topological polar surface area (TPSA) is 38.5 Å².